The van der Waals surface area contributed by atoms with E-state index in [-0.39, 0.29) is 48.3 Å². The lowest BCUT2D eigenvalue weighted by molar-refractivity contribution is -0.432. The highest BCUT2D eigenvalue weighted by Gasteiger charge is 2.23. The summed E-state index contributed by atoms with van der Waals surface area (Å²) >= 11 is 0.783. The highest BCUT2D eigenvalue weighted by molar-refractivity contribution is 7.95. The van der Waals surface area contributed by atoms with Crippen molar-refractivity contribution >= 4 is 93.2 Å². The van der Waals surface area contributed by atoms with Crippen molar-refractivity contribution in [3.63, 3.8) is 0 Å². The fourth-order valence-electron chi connectivity index (χ4n) is 4.76. The van der Waals surface area contributed by atoms with Crippen LogP contribution in [-0.2, 0) is 49.0 Å². The molecule has 0 bridgehead atoms. The largest absolute Gasteiger partial charge is 0.507 e. The zero-order valence-electron chi connectivity index (χ0n) is 24.6. The first kappa shape index (κ1) is 38.0. The number of carbonyl (C=O) groups excluding carboxylic acids is 1. The van der Waals surface area contributed by atoms with Crippen LogP contribution in [0.1, 0.15) is 10.4 Å². The summed E-state index contributed by atoms with van der Waals surface area (Å²) in [5, 5.41) is 47.3. The molecule has 0 unspecified atom stereocenters. The van der Waals surface area contributed by atoms with E-state index in [1.54, 1.807) is 0 Å². The van der Waals surface area contributed by atoms with E-state index >= 15 is 0 Å². The molecule has 5 rings (SSSR count). The molecule has 0 aliphatic carbocycles. The molecular weight excluding hydrogens is 785 g/mol. The zero-order chi connectivity index (χ0) is 37.3. The van der Waals surface area contributed by atoms with Gasteiger partial charge in [0.1, 0.15) is 11.5 Å². The smallest absolute Gasteiger partial charge is 0.294 e. The van der Waals surface area contributed by atoms with Crippen LogP contribution in [0.25, 0.3) is 21.5 Å². The molecule has 1 amide bonds. The number of anilines is 2. The summed E-state index contributed by atoms with van der Waals surface area (Å²) in [7, 11) is -14.3. The molecule has 0 spiro atoms. The van der Waals surface area contributed by atoms with Crippen molar-refractivity contribution in [1.29, 1.82) is 0 Å². The molecule has 0 saturated heterocycles. The van der Waals surface area contributed by atoms with Crippen LogP contribution in [-0.4, -0.2) is 61.0 Å². The van der Waals surface area contributed by atoms with Gasteiger partial charge < -0.3 is 15.5 Å². The average Bonchev–Trinajstić information content (AvgIpc) is 3.04. The van der Waals surface area contributed by atoms with Crippen LogP contribution in [0.5, 0.6) is 11.5 Å². The van der Waals surface area contributed by atoms with Crippen LogP contribution < -0.4 is 10.0 Å². The molecule has 5 aromatic rings. The van der Waals surface area contributed by atoms with E-state index in [0.717, 1.165) is 42.5 Å². The van der Waals surface area contributed by atoms with Crippen LogP contribution >= 0.6 is 24.1 Å². The number of benzene rings is 5. The quantitative estimate of drug-likeness (QED) is 0.0343. The van der Waals surface area contributed by atoms with Crippen LogP contribution in [0.3, 0.4) is 0 Å². The third-order valence-electron chi connectivity index (χ3n) is 6.77. The molecular formula is C27H20N2O17S5. The number of fused-ring (bicyclic) bond motifs is 2. The van der Waals surface area contributed by atoms with E-state index in [9.17, 15) is 49.4 Å². The lowest BCUT2D eigenvalue weighted by Gasteiger charge is -2.15. The molecule has 0 aliphatic heterocycles. The predicted octanol–water partition coefficient (Wildman–Crippen LogP) is 4.81. The van der Waals surface area contributed by atoms with E-state index in [0.29, 0.717) is 30.2 Å². The lowest BCUT2D eigenvalue weighted by Crippen LogP contribution is -2.16. The summed E-state index contributed by atoms with van der Waals surface area (Å²) < 4.78 is 105. The van der Waals surface area contributed by atoms with Gasteiger partial charge in [0, 0.05) is 32.2 Å². The second-order valence-electron chi connectivity index (χ2n) is 10.0. The van der Waals surface area contributed by atoms with Crippen molar-refractivity contribution in [1.82, 2.24) is 0 Å². The summed E-state index contributed by atoms with van der Waals surface area (Å²) in [5.41, 5.74) is -0.963. The maximum Gasteiger partial charge on any atom is 0.294 e. The fraction of sp³-hybridized carbons (Fsp3) is 0. The van der Waals surface area contributed by atoms with Crippen molar-refractivity contribution in [3.05, 3.63) is 78.4 Å². The van der Waals surface area contributed by atoms with Crippen LogP contribution in [0.15, 0.2) is 97.3 Å². The number of nitrogens with one attached hydrogen (secondary N) is 2. The average molecular weight is 805 g/mol. The maximum atomic E-state index is 13.6. The Morgan fingerprint density at radius 2 is 1.16 bits per heavy atom. The van der Waals surface area contributed by atoms with E-state index in [1.807, 2.05) is 0 Å². The van der Waals surface area contributed by atoms with E-state index in [1.165, 1.54) is 24.3 Å². The normalized spacial score (nSPS) is 12.3. The number of carbonyl (C=O) groups is 1. The molecule has 270 valence electrons. The number of amides is 1. The summed E-state index contributed by atoms with van der Waals surface area (Å²) in [6.45, 7) is 0. The maximum absolute atomic E-state index is 13.6. The fourth-order valence-corrected chi connectivity index (χ4v) is 7.84. The first-order valence-corrected chi connectivity index (χ1v) is 19.1. The number of phenolic OH excluding ortho intramolecular Hbond substituents is 2. The minimum absolute atomic E-state index is 0.0110. The molecule has 19 nitrogen and oxygen atoms in total. The Balaban J connectivity index is 1.53. The van der Waals surface area contributed by atoms with Crippen molar-refractivity contribution in [3.8, 4) is 11.5 Å². The Hall–Kier alpha value is -4.28. The van der Waals surface area contributed by atoms with Gasteiger partial charge in [-0.05, 0) is 71.4 Å². The Labute approximate surface area is 295 Å². The number of sulfonamides is 1. The van der Waals surface area contributed by atoms with Crippen molar-refractivity contribution in [2.75, 3.05) is 10.0 Å². The number of phenols is 2. The SMILES string of the molecule is O=C(Nc1cc(S(=O)(=O)O)cc2cc(SOOO)cc(O)c12)c1cccc(S(=O)(=O)Nc2cc(SOOO)cc3cc(S(=O)(=O)O)cc(O)c23)c1. The highest BCUT2D eigenvalue weighted by atomic mass is 32.2. The molecule has 0 heterocycles. The molecule has 0 aromatic heterocycles. The van der Waals surface area contributed by atoms with Crippen LogP contribution in [0.4, 0.5) is 11.4 Å². The van der Waals surface area contributed by atoms with Gasteiger partial charge in [-0.25, -0.2) is 18.9 Å². The molecule has 0 radical (unpaired) electrons. The van der Waals surface area contributed by atoms with Gasteiger partial charge in [0.2, 0.25) is 0 Å². The predicted molar refractivity (Wildman–Crippen MR) is 177 cm³/mol. The van der Waals surface area contributed by atoms with Gasteiger partial charge in [0.15, 0.2) is 0 Å². The molecule has 0 fully saturated rings. The van der Waals surface area contributed by atoms with Gasteiger partial charge in [-0.3, -0.25) is 18.6 Å². The summed E-state index contributed by atoms with van der Waals surface area (Å²) in [4.78, 5) is 11.6. The Morgan fingerprint density at radius 3 is 1.73 bits per heavy atom. The van der Waals surface area contributed by atoms with Gasteiger partial charge in [0.05, 0.1) is 50.1 Å². The van der Waals surface area contributed by atoms with E-state index in [2.05, 4.69) is 28.8 Å². The van der Waals surface area contributed by atoms with Gasteiger partial charge in [-0.1, -0.05) is 16.1 Å². The summed E-state index contributed by atoms with van der Waals surface area (Å²) in [6, 6.07) is 12.6. The molecule has 0 saturated carbocycles. The van der Waals surface area contributed by atoms with Gasteiger partial charge in [-0.2, -0.15) is 16.8 Å². The zero-order valence-corrected chi connectivity index (χ0v) is 28.7. The van der Waals surface area contributed by atoms with Crippen molar-refractivity contribution in [2.45, 2.75) is 24.5 Å². The lowest BCUT2D eigenvalue weighted by atomic mass is 10.1. The summed E-state index contributed by atoms with van der Waals surface area (Å²) in [5.74, 6) is -2.27. The number of hydrogen-bond acceptors (Lipinski definition) is 17. The van der Waals surface area contributed by atoms with E-state index < -0.39 is 62.4 Å². The molecule has 0 aliphatic rings. The second-order valence-corrected chi connectivity index (χ2v) is 16.1. The van der Waals surface area contributed by atoms with Crippen molar-refractivity contribution in [2.24, 2.45) is 0 Å². The van der Waals surface area contributed by atoms with Crippen molar-refractivity contribution < 1.29 is 78.6 Å². The van der Waals surface area contributed by atoms with Gasteiger partial charge in [0.25, 0.3) is 36.2 Å². The third-order valence-corrected chi connectivity index (χ3v) is 10.9. The van der Waals surface area contributed by atoms with E-state index in [4.69, 9.17) is 10.5 Å². The Kier molecular flexibility index (Phi) is 11.0. The number of aromatic hydroxyl groups is 2. The number of rotatable bonds is 13. The minimum atomic E-state index is -4.86. The molecule has 24 heteroatoms. The standard InChI is InChI=1S/C27H20N2O17S5/c30-23-10-17(48-46-44-34)5-14-7-19(50(37,38)39)11-21(25(14)23)28-27(32)13-2-1-3-18(6-13)49(35,36)29-22-9-16(47-45-43-33)4-15-8-20(51(40,41)42)12-24(31)26(15)22/h1-12,29-31,33-34H,(H,28,32)(H,37,38,39)(H,40,41,42). The Bertz CT molecular complexity index is 2530. The second kappa shape index (κ2) is 14.8. The first-order chi connectivity index (χ1) is 23.9. The monoisotopic (exact) mass is 804 g/mol. The topological polar surface area (TPSA) is 302 Å². The molecule has 0 atom stereocenters. The van der Waals surface area contributed by atoms with Gasteiger partial charge in [-0.15, -0.1) is 8.67 Å². The van der Waals surface area contributed by atoms with Crippen LogP contribution in [0, 0.1) is 0 Å². The summed E-state index contributed by atoms with van der Waals surface area (Å²) in [6.07, 6.45) is 0. The van der Waals surface area contributed by atoms with Gasteiger partial charge >= 0.3 is 0 Å². The van der Waals surface area contributed by atoms with Crippen LogP contribution in [0.2, 0.25) is 0 Å². The highest BCUT2D eigenvalue weighted by Crippen LogP contribution is 2.40. The first-order valence-electron chi connectivity index (χ1n) is 13.2. The third kappa shape index (κ3) is 8.61. The number of hydrogen-bond donors (Lipinski definition) is 8. The molecule has 8 N–H and O–H groups in total. The molecule has 5 aromatic carbocycles. The Morgan fingerprint density at radius 1 is 0.627 bits per heavy atom. The minimum Gasteiger partial charge on any atom is -0.507 e. The molecule has 51 heavy (non-hydrogen) atoms.